The van der Waals surface area contributed by atoms with Gasteiger partial charge in [-0.05, 0) is 39.9 Å². The summed E-state index contributed by atoms with van der Waals surface area (Å²) in [4.78, 5) is 6.79. The van der Waals surface area contributed by atoms with E-state index < -0.39 is 0 Å². The number of likely N-dealkylation sites (N-methyl/N-ethyl adjacent to an activating group) is 1. The molecule has 1 aliphatic heterocycles. The first-order chi connectivity index (χ1) is 11.6. The lowest BCUT2D eigenvalue weighted by Crippen LogP contribution is -2.57. The normalized spacial score (nSPS) is 17.1. The highest BCUT2D eigenvalue weighted by atomic mass is 127. The lowest BCUT2D eigenvalue weighted by atomic mass is 9.88. The summed E-state index contributed by atoms with van der Waals surface area (Å²) in [5.74, 6) is 0.500. The molecule has 0 spiro atoms. The largest absolute Gasteiger partial charge is 0.381 e. The van der Waals surface area contributed by atoms with Crippen molar-refractivity contribution < 1.29 is 9.13 Å². The summed E-state index contributed by atoms with van der Waals surface area (Å²) < 4.78 is 19.2. The summed E-state index contributed by atoms with van der Waals surface area (Å²) in [5.41, 5.74) is 0.662. The molecule has 0 bridgehead atoms. The van der Waals surface area contributed by atoms with E-state index in [9.17, 15) is 4.39 Å². The SMILES string of the molecule is CCNC(=NCc1ccccc1F)NCC1(N(C)C)CCOCC1.I. The first-order valence-corrected chi connectivity index (χ1v) is 8.58. The van der Waals surface area contributed by atoms with Crippen molar-refractivity contribution in [3.05, 3.63) is 35.6 Å². The van der Waals surface area contributed by atoms with Gasteiger partial charge in [0.25, 0.3) is 0 Å². The zero-order valence-corrected chi connectivity index (χ0v) is 17.7. The van der Waals surface area contributed by atoms with E-state index in [4.69, 9.17) is 4.74 Å². The van der Waals surface area contributed by atoms with Crippen LogP contribution in [-0.4, -0.2) is 56.8 Å². The number of halogens is 2. The molecule has 0 saturated carbocycles. The van der Waals surface area contributed by atoms with Crippen molar-refractivity contribution in [3.8, 4) is 0 Å². The van der Waals surface area contributed by atoms with E-state index in [0.29, 0.717) is 18.1 Å². The van der Waals surface area contributed by atoms with Crippen LogP contribution < -0.4 is 10.6 Å². The highest BCUT2D eigenvalue weighted by Gasteiger charge is 2.34. The maximum atomic E-state index is 13.7. The fraction of sp³-hybridized carbons (Fsp3) is 0.611. The second kappa shape index (κ2) is 10.9. The van der Waals surface area contributed by atoms with Crippen LogP contribution in [-0.2, 0) is 11.3 Å². The number of aliphatic imine (C=N–C) groups is 1. The van der Waals surface area contributed by atoms with E-state index in [1.807, 2.05) is 13.0 Å². The van der Waals surface area contributed by atoms with Gasteiger partial charge in [-0.1, -0.05) is 18.2 Å². The topological polar surface area (TPSA) is 48.9 Å². The molecule has 1 aromatic carbocycles. The second-order valence-corrected chi connectivity index (χ2v) is 6.37. The predicted octanol–water partition coefficient (Wildman–Crippen LogP) is 2.61. The lowest BCUT2D eigenvalue weighted by molar-refractivity contribution is -0.00501. The van der Waals surface area contributed by atoms with Crippen LogP contribution in [0, 0.1) is 5.82 Å². The van der Waals surface area contributed by atoms with Crippen LogP contribution in [0.2, 0.25) is 0 Å². The molecule has 0 amide bonds. The predicted molar refractivity (Wildman–Crippen MR) is 111 cm³/mol. The first-order valence-electron chi connectivity index (χ1n) is 8.58. The van der Waals surface area contributed by atoms with E-state index in [0.717, 1.165) is 39.1 Å². The zero-order valence-electron chi connectivity index (χ0n) is 15.3. The minimum absolute atomic E-state index is 0. The molecular weight excluding hydrogens is 434 g/mol. The summed E-state index contributed by atoms with van der Waals surface area (Å²) in [6.45, 7) is 5.45. The van der Waals surface area contributed by atoms with Gasteiger partial charge < -0.3 is 20.3 Å². The number of nitrogens with one attached hydrogen (secondary N) is 2. The number of rotatable bonds is 6. The van der Waals surface area contributed by atoms with Gasteiger partial charge in [0.1, 0.15) is 5.82 Å². The third-order valence-corrected chi connectivity index (χ3v) is 4.67. The van der Waals surface area contributed by atoms with Crippen LogP contribution in [0.1, 0.15) is 25.3 Å². The molecule has 0 atom stereocenters. The van der Waals surface area contributed by atoms with Gasteiger partial charge in [0.2, 0.25) is 0 Å². The molecule has 0 aromatic heterocycles. The Morgan fingerprint density at radius 2 is 1.92 bits per heavy atom. The average Bonchev–Trinajstić information content (AvgIpc) is 2.59. The van der Waals surface area contributed by atoms with Crippen molar-refractivity contribution >= 4 is 29.9 Å². The summed E-state index contributed by atoms with van der Waals surface area (Å²) in [6.07, 6.45) is 1.97. The van der Waals surface area contributed by atoms with Gasteiger partial charge >= 0.3 is 0 Å². The Hall–Kier alpha value is -0.930. The highest BCUT2D eigenvalue weighted by Crippen LogP contribution is 2.25. The third kappa shape index (κ3) is 6.38. The number of hydrogen-bond donors (Lipinski definition) is 2. The molecule has 1 saturated heterocycles. The van der Waals surface area contributed by atoms with Gasteiger partial charge in [-0.15, -0.1) is 24.0 Å². The van der Waals surface area contributed by atoms with Gasteiger partial charge in [0.15, 0.2) is 5.96 Å². The van der Waals surface area contributed by atoms with E-state index >= 15 is 0 Å². The molecule has 1 fully saturated rings. The van der Waals surface area contributed by atoms with Gasteiger partial charge in [-0.2, -0.15) is 0 Å². The van der Waals surface area contributed by atoms with E-state index in [1.165, 1.54) is 6.07 Å². The quantitative estimate of drug-likeness (QED) is 0.386. The first kappa shape index (κ1) is 22.1. The Balaban J connectivity index is 0.00000312. The summed E-state index contributed by atoms with van der Waals surface area (Å²) in [5, 5.41) is 6.66. The van der Waals surface area contributed by atoms with Crippen LogP contribution in [0.5, 0.6) is 0 Å². The molecule has 142 valence electrons. The number of ether oxygens (including phenoxy) is 1. The Bertz CT molecular complexity index is 548. The Morgan fingerprint density at radius 3 is 2.52 bits per heavy atom. The van der Waals surface area contributed by atoms with Crippen LogP contribution in [0.15, 0.2) is 29.3 Å². The molecule has 1 aliphatic rings. The summed E-state index contributed by atoms with van der Waals surface area (Å²) in [7, 11) is 4.22. The minimum Gasteiger partial charge on any atom is -0.381 e. The molecule has 0 aliphatic carbocycles. The van der Waals surface area contributed by atoms with Crippen LogP contribution in [0.25, 0.3) is 0 Å². The van der Waals surface area contributed by atoms with Crippen molar-refractivity contribution in [1.29, 1.82) is 0 Å². The molecule has 0 radical (unpaired) electrons. The molecule has 1 aromatic rings. The number of hydrogen-bond acceptors (Lipinski definition) is 3. The summed E-state index contributed by atoms with van der Waals surface area (Å²) in [6, 6.07) is 6.76. The van der Waals surface area contributed by atoms with Crippen molar-refractivity contribution in [2.24, 2.45) is 4.99 Å². The van der Waals surface area contributed by atoms with Crippen molar-refractivity contribution in [3.63, 3.8) is 0 Å². The van der Waals surface area contributed by atoms with E-state index in [2.05, 4.69) is 34.6 Å². The number of benzene rings is 1. The highest BCUT2D eigenvalue weighted by molar-refractivity contribution is 14.0. The molecule has 7 heteroatoms. The molecule has 0 unspecified atom stereocenters. The van der Waals surface area contributed by atoms with Crippen molar-refractivity contribution in [2.75, 3.05) is 40.4 Å². The Kier molecular flexibility index (Phi) is 9.66. The van der Waals surface area contributed by atoms with Gasteiger partial charge in [-0.25, -0.2) is 9.38 Å². The second-order valence-electron chi connectivity index (χ2n) is 6.37. The Labute approximate surface area is 167 Å². The average molecular weight is 464 g/mol. The smallest absolute Gasteiger partial charge is 0.191 e. The van der Waals surface area contributed by atoms with E-state index in [1.54, 1.807) is 12.1 Å². The molecule has 5 nitrogen and oxygen atoms in total. The number of nitrogens with zero attached hydrogens (tertiary/aromatic N) is 2. The van der Waals surface area contributed by atoms with E-state index in [-0.39, 0.29) is 35.3 Å². The summed E-state index contributed by atoms with van der Waals surface area (Å²) >= 11 is 0. The third-order valence-electron chi connectivity index (χ3n) is 4.67. The van der Waals surface area contributed by atoms with Gasteiger partial charge in [-0.3, -0.25) is 0 Å². The van der Waals surface area contributed by atoms with Crippen LogP contribution in [0.4, 0.5) is 4.39 Å². The standard InChI is InChI=1S/C18H29FN4O.HI/c1-4-20-17(21-13-15-7-5-6-8-16(15)19)22-14-18(23(2)3)9-11-24-12-10-18;/h5-8H,4,9-14H2,1-3H3,(H2,20,21,22);1H. The minimum atomic E-state index is -0.216. The maximum absolute atomic E-state index is 13.7. The maximum Gasteiger partial charge on any atom is 0.191 e. The number of guanidine groups is 1. The zero-order chi connectivity index (χ0) is 17.4. The van der Waals surface area contributed by atoms with Crippen LogP contribution >= 0.6 is 24.0 Å². The molecular formula is C18H30FIN4O. The molecule has 25 heavy (non-hydrogen) atoms. The fourth-order valence-corrected chi connectivity index (χ4v) is 2.91. The van der Waals surface area contributed by atoms with Crippen LogP contribution in [0.3, 0.4) is 0 Å². The molecule has 2 N–H and O–H groups in total. The molecule has 1 heterocycles. The Morgan fingerprint density at radius 1 is 1.24 bits per heavy atom. The lowest BCUT2D eigenvalue weighted by Gasteiger charge is -2.43. The fourth-order valence-electron chi connectivity index (χ4n) is 2.91. The molecule has 2 rings (SSSR count). The monoisotopic (exact) mass is 464 g/mol. The van der Waals surface area contributed by atoms with Gasteiger partial charge in [0.05, 0.1) is 6.54 Å². The van der Waals surface area contributed by atoms with Crippen molar-refractivity contribution in [2.45, 2.75) is 31.8 Å². The van der Waals surface area contributed by atoms with Gasteiger partial charge in [0, 0.05) is 37.4 Å². The van der Waals surface area contributed by atoms with Crippen molar-refractivity contribution in [1.82, 2.24) is 15.5 Å².